The summed E-state index contributed by atoms with van der Waals surface area (Å²) in [6.45, 7) is 9.29. The summed E-state index contributed by atoms with van der Waals surface area (Å²) in [6, 6.07) is 5.18. The quantitative estimate of drug-likeness (QED) is 0.283. The summed E-state index contributed by atoms with van der Waals surface area (Å²) in [5, 5.41) is 4.00. The van der Waals surface area contributed by atoms with E-state index in [-0.39, 0.29) is 29.0 Å². The molecule has 0 aliphatic rings. The number of thiophene rings is 1. The van der Waals surface area contributed by atoms with Gasteiger partial charge in [-0.2, -0.15) is 0 Å². The van der Waals surface area contributed by atoms with E-state index in [2.05, 4.69) is 5.32 Å². The van der Waals surface area contributed by atoms with Crippen molar-refractivity contribution < 1.29 is 9.59 Å². The van der Waals surface area contributed by atoms with E-state index in [1.54, 1.807) is 22.8 Å². The molecule has 0 aliphatic heterocycles. The van der Waals surface area contributed by atoms with E-state index in [0.717, 1.165) is 20.2 Å². The molecule has 31 heavy (non-hydrogen) atoms. The van der Waals surface area contributed by atoms with Gasteiger partial charge in [-0.25, -0.2) is 4.98 Å². The van der Waals surface area contributed by atoms with E-state index >= 15 is 0 Å². The number of benzene rings is 1. The Morgan fingerprint density at radius 2 is 1.97 bits per heavy atom. The van der Waals surface area contributed by atoms with E-state index in [1.165, 1.54) is 41.8 Å². The number of fused-ring (bicyclic) bond motifs is 1. The Bertz CT molecular complexity index is 1230. The number of nitrogens with one attached hydrogen (secondary N) is 1. The molecule has 1 aromatic carbocycles. The Morgan fingerprint density at radius 3 is 2.58 bits per heavy atom. The molecule has 3 aromatic rings. The van der Waals surface area contributed by atoms with E-state index in [0.29, 0.717) is 21.8 Å². The van der Waals surface area contributed by atoms with Crippen LogP contribution < -0.4 is 10.9 Å². The predicted octanol–water partition coefficient (Wildman–Crippen LogP) is 5.31. The third kappa shape index (κ3) is 4.88. The van der Waals surface area contributed by atoms with Crippen LogP contribution in [-0.2, 0) is 4.79 Å². The third-order valence-corrected chi connectivity index (χ3v) is 7.72. The van der Waals surface area contributed by atoms with Gasteiger partial charge >= 0.3 is 0 Å². The molecule has 0 atom stereocenters. The molecular weight excluding hydrogens is 450 g/mol. The second-order valence-electron chi connectivity index (χ2n) is 7.43. The van der Waals surface area contributed by atoms with Crippen molar-refractivity contribution >= 4 is 62.5 Å². The van der Waals surface area contributed by atoms with Crippen molar-refractivity contribution in [3.05, 3.63) is 44.6 Å². The van der Waals surface area contributed by atoms with Crippen molar-refractivity contribution in [2.45, 2.75) is 50.7 Å². The van der Waals surface area contributed by atoms with E-state index in [4.69, 9.17) is 4.98 Å². The van der Waals surface area contributed by atoms with Crippen LogP contribution >= 0.6 is 34.9 Å². The Morgan fingerprint density at radius 1 is 1.26 bits per heavy atom. The van der Waals surface area contributed by atoms with Crippen molar-refractivity contribution in [2.75, 3.05) is 17.3 Å². The fourth-order valence-electron chi connectivity index (χ4n) is 3.22. The van der Waals surface area contributed by atoms with Crippen LogP contribution in [0.4, 0.5) is 5.69 Å². The molecule has 0 spiro atoms. The zero-order valence-corrected chi connectivity index (χ0v) is 20.8. The van der Waals surface area contributed by atoms with Crippen molar-refractivity contribution in [2.24, 2.45) is 0 Å². The summed E-state index contributed by atoms with van der Waals surface area (Å²) in [5.41, 5.74) is 2.17. The number of amides is 1. The Kier molecular flexibility index (Phi) is 7.28. The second kappa shape index (κ2) is 9.58. The number of carbonyl (C=O) groups excluding carboxylic acids is 2. The van der Waals surface area contributed by atoms with E-state index < -0.39 is 0 Å². The molecule has 164 valence electrons. The van der Waals surface area contributed by atoms with Crippen LogP contribution in [0.2, 0.25) is 0 Å². The number of ketones is 1. The number of carbonyl (C=O) groups is 2. The van der Waals surface area contributed by atoms with Gasteiger partial charge in [0.15, 0.2) is 10.9 Å². The summed E-state index contributed by atoms with van der Waals surface area (Å²) in [7, 11) is 0. The number of nitrogens with zero attached hydrogens (tertiary/aromatic N) is 2. The lowest BCUT2D eigenvalue weighted by atomic mass is 10.1. The molecule has 0 aliphatic carbocycles. The molecule has 0 saturated heterocycles. The average molecular weight is 476 g/mol. The molecule has 0 bridgehead atoms. The van der Waals surface area contributed by atoms with Crippen molar-refractivity contribution in [3.8, 4) is 0 Å². The van der Waals surface area contributed by atoms with Gasteiger partial charge in [-0.05, 0) is 57.7 Å². The van der Waals surface area contributed by atoms with Gasteiger partial charge in [0.05, 0.1) is 16.8 Å². The molecule has 1 N–H and O–H groups in total. The first-order valence-electron chi connectivity index (χ1n) is 9.77. The van der Waals surface area contributed by atoms with Gasteiger partial charge in [-0.1, -0.05) is 11.8 Å². The first-order chi connectivity index (χ1) is 14.6. The second-order valence-corrected chi connectivity index (χ2v) is 10.4. The lowest BCUT2D eigenvalue weighted by molar-refractivity contribution is -0.114. The van der Waals surface area contributed by atoms with Gasteiger partial charge < -0.3 is 5.32 Å². The number of Topliss-reactive ketones (excluding diaryl/α,β-unsaturated/α-hetero) is 1. The maximum atomic E-state index is 13.1. The van der Waals surface area contributed by atoms with Gasteiger partial charge in [-0.15, -0.1) is 23.1 Å². The number of aromatic nitrogens is 2. The van der Waals surface area contributed by atoms with Crippen molar-refractivity contribution in [3.63, 3.8) is 0 Å². The third-order valence-electron chi connectivity index (χ3n) is 4.89. The number of thioether (sulfide) groups is 2. The summed E-state index contributed by atoms with van der Waals surface area (Å²) >= 11 is 4.26. The minimum Gasteiger partial charge on any atom is -0.325 e. The van der Waals surface area contributed by atoms with Crippen LogP contribution in [0.3, 0.4) is 0 Å². The first kappa shape index (κ1) is 23.6. The highest BCUT2D eigenvalue weighted by Gasteiger charge is 2.20. The van der Waals surface area contributed by atoms with Gasteiger partial charge in [0.1, 0.15) is 4.83 Å². The minimum absolute atomic E-state index is 0.0545. The van der Waals surface area contributed by atoms with Crippen LogP contribution in [-0.4, -0.2) is 33.3 Å². The molecule has 6 nitrogen and oxygen atoms in total. The normalized spacial score (nSPS) is 11.3. The summed E-state index contributed by atoms with van der Waals surface area (Å²) in [5.74, 6) is -0.0450. The average Bonchev–Trinajstić information content (AvgIpc) is 2.99. The molecule has 2 heterocycles. The largest absolute Gasteiger partial charge is 0.325 e. The molecule has 0 unspecified atom stereocenters. The smallest absolute Gasteiger partial charge is 0.263 e. The number of aryl methyl sites for hydroxylation is 2. The molecule has 1 amide bonds. The highest BCUT2D eigenvalue weighted by Crippen LogP contribution is 2.31. The maximum absolute atomic E-state index is 13.1. The van der Waals surface area contributed by atoms with Crippen LogP contribution in [0.1, 0.15) is 47.6 Å². The van der Waals surface area contributed by atoms with Gasteiger partial charge in [-0.3, -0.25) is 19.0 Å². The summed E-state index contributed by atoms with van der Waals surface area (Å²) in [4.78, 5) is 44.7. The molecule has 0 fully saturated rings. The van der Waals surface area contributed by atoms with Crippen molar-refractivity contribution in [1.29, 1.82) is 0 Å². The van der Waals surface area contributed by atoms with E-state index in [9.17, 15) is 14.4 Å². The lowest BCUT2D eigenvalue weighted by Crippen LogP contribution is -2.25. The standard InChI is InChI=1S/C22H25N3O3S3/c1-11(2)25-21(28)19-12(3)13(4)31-20(19)24-22(25)30-10-17(27)15-7-8-16(23-14(5)26)18(9-15)29-6/h7-9,11H,10H2,1-6H3,(H,23,26). The van der Waals surface area contributed by atoms with Gasteiger partial charge in [0.25, 0.3) is 5.56 Å². The minimum atomic E-state index is -0.155. The fourth-order valence-corrected chi connectivity index (χ4v) is 5.89. The highest BCUT2D eigenvalue weighted by atomic mass is 32.2. The Hall–Kier alpha value is -2.10. The van der Waals surface area contributed by atoms with E-state index in [1.807, 2.05) is 34.0 Å². The summed E-state index contributed by atoms with van der Waals surface area (Å²) in [6.07, 6.45) is 1.90. The van der Waals surface area contributed by atoms with Crippen LogP contribution in [0.5, 0.6) is 0 Å². The molecule has 2 aromatic heterocycles. The Balaban J connectivity index is 1.90. The maximum Gasteiger partial charge on any atom is 0.263 e. The molecule has 0 radical (unpaired) electrons. The van der Waals surface area contributed by atoms with Gasteiger partial charge in [0.2, 0.25) is 5.91 Å². The fraction of sp³-hybridized carbons (Fsp3) is 0.364. The first-order valence-corrected chi connectivity index (χ1v) is 12.8. The van der Waals surface area contributed by atoms with Crippen LogP contribution in [0, 0.1) is 13.8 Å². The molecule has 0 saturated carbocycles. The van der Waals surface area contributed by atoms with Crippen LogP contribution in [0.25, 0.3) is 10.2 Å². The van der Waals surface area contributed by atoms with Gasteiger partial charge in [0, 0.05) is 28.3 Å². The Labute approximate surface area is 193 Å². The molecule has 3 rings (SSSR count). The molecule has 9 heteroatoms. The zero-order valence-electron chi connectivity index (χ0n) is 18.4. The highest BCUT2D eigenvalue weighted by molar-refractivity contribution is 7.99. The number of rotatable bonds is 7. The number of hydrogen-bond acceptors (Lipinski definition) is 7. The van der Waals surface area contributed by atoms with Crippen molar-refractivity contribution in [1.82, 2.24) is 9.55 Å². The number of hydrogen-bond donors (Lipinski definition) is 1. The zero-order chi connectivity index (χ0) is 22.9. The predicted molar refractivity (Wildman–Crippen MR) is 131 cm³/mol. The lowest BCUT2D eigenvalue weighted by Gasteiger charge is -2.15. The SMILES string of the molecule is CSc1cc(C(=O)CSc2nc3sc(C)c(C)c3c(=O)n2C(C)C)ccc1NC(C)=O. The summed E-state index contributed by atoms with van der Waals surface area (Å²) < 4.78 is 1.67. The number of anilines is 1. The topological polar surface area (TPSA) is 81.1 Å². The molecular formula is C22H25N3O3S3. The van der Waals surface area contributed by atoms with Crippen LogP contribution in [0.15, 0.2) is 33.0 Å². The monoisotopic (exact) mass is 475 g/mol.